The smallest absolute Gasteiger partial charge is 0.0979 e. The molecular formula is C25H17N3. The summed E-state index contributed by atoms with van der Waals surface area (Å²) in [6, 6.07) is 34.1. The van der Waals surface area contributed by atoms with Gasteiger partial charge in [-0.1, -0.05) is 91.0 Å². The molecule has 0 saturated carbocycles. The number of nitrogens with zero attached hydrogens (tertiary/aromatic N) is 2. The van der Waals surface area contributed by atoms with E-state index in [-0.39, 0.29) is 0 Å². The Kier molecular flexibility index (Phi) is 4.74. The standard InChI is InChI=1S/C25H17N3/c26-16-21-23(18-10-4-1-5-11-18)22(17-27)25(20-14-8-3-9-15-20)28-24(21)19-12-6-2-7-13-19/h1-15,23,28H. The predicted molar refractivity (Wildman–Crippen MR) is 110 cm³/mol. The van der Waals surface area contributed by atoms with Crippen LogP contribution in [0.1, 0.15) is 22.6 Å². The molecule has 1 heterocycles. The minimum absolute atomic E-state index is 0.414. The summed E-state index contributed by atoms with van der Waals surface area (Å²) in [6.45, 7) is 0. The number of rotatable bonds is 3. The molecule has 1 N–H and O–H groups in total. The molecule has 0 fully saturated rings. The lowest BCUT2D eigenvalue weighted by molar-refractivity contribution is 0.937. The summed E-state index contributed by atoms with van der Waals surface area (Å²) in [5.41, 5.74) is 5.36. The Morgan fingerprint density at radius 1 is 0.571 bits per heavy atom. The third-order valence-electron chi connectivity index (χ3n) is 4.86. The highest BCUT2D eigenvalue weighted by atomic mass is 14.9. The number of hydrogen-bond acceptors (Lipinski definition) is 3. The molecule has 1 aliphatic heterocycles. The van der Waals surface area contributed by atoms with Crippen molar-refractivity contribution < 1.29 is 0 Å². The zero-order chi connectivity index (χ0) is 19.3. The van der Waals surface area contributed by atoms with Gasteiger partial charge in [0, 0.05) is 0 Å². The van der Waals surface area contributed by atoms with E-state index in [1.165, 1.54) is 0 Å². The SMILES string of the molecule is N#CC1=C(c2ccccc2)NC(c2ccccc2)=C(C#N)C1c1ccccc1. The molecule has 0 radical (unpaired) electrons. The monoisotopic (exact) mass is 359 g/mol. The minimum atomic E-state index is -0.414. The zero-order valence-corrected chi connectivity index (χ0v) is 15.1. The van der Waals surface area contributed by atoms with Crippen LogP contribution in [0.25, 0.3) is 11.4 Å². The van der Waals surface area contributed by atoms with Gasteiger partial charge in [-0.2, -0.15) is 10.5 Å². The molecular weight excluding hydrogens is 342 g/mol. The largest absolute Gasteiger partial charge is 0.353 e. The number of dihydropyridines is 1. The second-order valence-corrected chi connectivity index (χ2v) is 6.50. The molecule has 132 valence electrons. The van der Waals surface area contributed by atoms with E-state index in [4.69, 9.17) is 0 Å². The van der Waals surface area contributed by atoms with Crippen molar-refractivity contribution in [3.05, 3.63) is 119 Å². The summed E-state index contributed by atoms with van der Waals surface area (Å²) in [4.78, 5) is 0. The molecule has 0 bridgehead atoms. The lowest BCUT2D eigenvalue weighted by Gasteiger charge is -2.29. The Labute approximate surface area is 164 Å². The van der Waals surface area contributed by atoms with Crippen molar-refractivity contribution in [1.29, 1.82) is 10.5 Å². The van der Waals surface area contributed by atoms with Gasteiger partial charge in [0.05, 0.1) is 40.6 Å². The quantitative estimate of drug-likeness (QED) is 0.695. The zero-order valence-electron chi connectivity index (χ0n) is 15.1. The van der Waals surface area contributed by atoms with Crippen LogP contribution in [-0.2, 0) is 0 Å². The van der Waals surface area contributed by atoms with E-state index in [1.807, 2.05) is 91.0 Å². The van der Waals surface area contributed by atoms with Crippen LogP contribution in [-0.4, -0.2) is 0 Å². The van der Waals surface area contributed by atoms with Gasteiger partial charge in [-0.15, -0.1) is 0 Å². The Morgan fingerprint density at radius 2 is 0.964 bits per heavy atom. The van der Waals surface area contributed by atoms with E-state index in [2.05, 4.69) is 17.5 Å². The average Bonchev–Trinajstić information content (AvgIpc) is 2.79. The predicted octanol–water partition coefficient (Wildman–Crippen LogP) is 5.24. The van der Waals surface area contributed by atoms with E-state index in [1.54, 1.807) is 0 Å². The summed E-state index contributed by atoms with van der Waals surface area (Å²) >= 11 is 0. The van der Waals surface area contributed by atoms with E-state index in [9.17, 15) is 10.5 Å². The van der Waals surface area contributed by atoms with Gasteiger partial charge in [-0.05, 0) is 16.7 Å². The van der Waals surface area contributed by atoms with Gasteiger partial charge in [-0.25, -0.2) is 0 Å². The first-order valence-electron chi connectivity index (χ1n) is 9.05. The maximum atomic E-state index is 10.0. The van der Waals surface area contributed by atoms with E-state index in [0.717, 1.165) is 28.1 Å². The van der Waals surface area contributed by atoms with Crippen LogP contribution in [0.5, 0.6) is 0 Å². The number of hydrogen-bond donors (Lipinski definition) is 1. The molecule has 0 aromatic heterocycles. The van der Waals surface area contributed by atoms with Gasteiger partial charge in [0.15, 0.2) is 0 Å². The average molecular weight is 359 g/mol. The Hall–Kier alpha value is -4.08. The Morgan fingerprint density at radius 3 is 1.36 bits per heavy atom. The second-order valence-electron chi connectivity index (χ2n) is 6.50. The van der Waals surface area contributed by atoms with Crippen molar-refractivity contribution in [1.82, 2.24) is 5.32 Å². The molecule has 0 aliphatic carbocycles. The molecule has 3 aromatic rings. The van der Waals surface area contributed by atoms with Crippen LogP contribution < -0.4 is 5.32 Å². The molecule has 0 atom stereocenters. The van der Waals surface area contributed by atoms with Gasteiger partial charge < -0.3 is 5.32 Å². The summed E-state index contributed by atoms with van der Waals surface area (Å²) in [7, 11) is 0. The third kappa shape index (κ3) is 3.07. The van der Waals surface area contributed by atoms with E-state index in [0.29, 0.717) is 11.1 Å². The molecule has 3 aromatic carbocycles. The number of nitriles is 2. The summed E-state index contributed by atoms with van der Waals surface area (Å²) in [5.74, 6) is -0.414. The summed E-state index contributed by atoms with van der Waals surface area (Å²) < 4.78 is 0. The highest BCUT2D eigenvalue weighted by Crippen LogP contribution is 2.42. The highest BCUT2D eigenvalue weighted by Gasteiger charge is 2.32. The molecule has 0 amide bonds. The lowest BCUT2D eigenvalue weighted by atomic mass is 9.79. The summed E-state index contributed by atoms with van der Waals surface area (Å²) in [6.07, 6.45) is 0. The molecule has 0 saturated heterocycles. The molecule has 3 heteroatoms. The van der Waals surface area contributed by atoms with Crippen LogP contribution in [0, 0.1) is 22.7 Å². The Bertz CT molecular complexity index is 1060. The van der Waals surface area contributed by atoms with Crippen molar-refractivity contribution in [3.8, 4) is 12.1 Å². The first-order valence-corrected chi connectivity index (χ1v) is 9.05. The fourth-order valence-corrected chi connectivity index (χ4v) is 3.58. The van der Waals surface area contributed by atoms with Crippen LogP contribution in [0.15, 0.2) is 102 Å². The molecule has 1 aliphatic rings. The Balaban J connectivity index is 2.00. The molecule has 28 heavy (non-hydrogen) atoms. The van der Waals surface area contributed by atoms with Crippen molar-refractivity contribution >= 4 is 11.4 Å². The van der Waals surface area contributed by atoms with Gasteiger partial charge in [0.2, 0.25) is 0 Å². The van der Waals surface area contributed by atoms with Gasteiger partial charge in [-0.3, -0.25) is 0 Å². The fourth-order valence-electron chi connectivity index (χ4n) is 3.58. The van der Waals surface area contributed by atoms with E-state index < -0.39 is 5.92 Å². The first-order chi connectivity index (χ1) is 13.8. The third-order valence-corrected chi connectivity index (χ3v) is 4.86. The number of nitrogens with one attached hydrogen (secondary N) is 1. The highest BCUT2D eigenvalue weighted by molar-refractivity contribution is 5.88. The van der Waals surface area contributed by atoms with Crippen molar-refractivity contribution in [2.75, 3.05) is 0 Å². The summed E-state index contributed by atoms with van der Waals surface area (Å²) in [5, 5.41) is 23.5. The van der Waals surface area contributed by atoms with Crippen LogP contribution in [0.3, 0.4) is 0 Å². The molecule has 3 nitrogen and oxygen atoms in total. The lowest BCUT2D eigenvalue weighted by Crippen LogP contribution is -2.24. The van der Waals surface area contributed by atoms with E-state index >= 15 is 0 Å². The van der Waals surface area contributed by atoms with Crippen LogP contribution in [0.4, 0.5) is 0 Å². The second kappa shape index (κ2) is 7.66. The number of benzene rings is 3. The fraction of sp³-hybridized carbons (Fsp3) is 0.0400. The van der Waals surface area contributed by atoms with Crippen molar-refractivity contribution in [3.63, 3.8) is 0 Å². The van der Waals surface area contributed by atoms with Crippen molar-refractivity contribution in [2.45, 2.75) is 5.92 Å². The number of allylic oxidation sites excluding steroid dienone is 2. The maximum Gasteiger partial charge on any atom is 0.0979 e. The van der Waals surface area contributed by atoms with Crippen molar-refractivity contribution in [2.24, 2.45) is 0 Å². The van der Waals surface area contributed by atoms with Gasteiger partial charge in [0.25, 0.3) is 0 Å². The molecule has 0 spiro atoms. The van der Waals surface area contributed by atoms with Crippen LogP contribution in [0.2, 0.25) is 0 Å². The first kappa shape index (κ1) is 17.3. The van der Waals surface area contributed by atoms with Crippen LogP contribution >= 0.6 is 0 Å². The minimum Gasteiger partial charge on any atom is -0.353 e. The van der Waals surface area contributed by atoms with Gasteiger partial charge >= 0.3 is 0 Å². The normalized spacial score (nSPS) is 14.2. The molecule has 4 rings (SSSR count). The topological polar surface area (TPSA) is 59.6 Å². The van der Waals surface area contributed by atoms with Gasteiger partial charge in [0.1, 0.15) is 0 Å². The maximum absolute atomic E-state index is 10.0. The molecule has 0 unspecified atom stereocenters.